The number of hydrogen-bond acceptors (Lipinski definition) is 3. The zero-order valence-corrected chi connectivity index (χ0v) is 6.45. The molecule has 0 aromatic carbocycles. The molecule has 0 unspecified atom stereocenters. The minimum Gasteiger partial charge on any atom is -0.393 e. The van der Waals surface area contributed by atoms with E-state index in [2.05, 4.69) is 0 Å². The highest BCUT2D eigenvalue weighted by molar-refractivity contribution is 5.51. The van der Waals surface area contributed by atoms with Gasteiger partial charge in [0, 0.05) is 6.42 Å². The van der Waals surface area contributed by atoms with Crippen LogP contribution in [-0.2, 0) is 9.53 Å². The van der Waals surface area contributed by atoms with Gasteiger partial charge in [-0.2, -0.15) is 0 Å². The Hall–Kier alpha value is -0.410. The van der Waals surface area contributed by atoms with Gasteiger partial charge in [0.25, 0.3) is 0 Å². The van der Waals surface area contributed by atoms with Crippen molar-refractivity contribution in [3.8, 4) is 0 Å². The Balaban J connectivity index is 1.87. The lowest BCUT2D eigenvalue weighted by Crippen LogP contribution is -2.06. The van der Waals surface area contributed by atoms with Crippen LogP contribution >= 0.6 is 0 Å². The molecule has 0 bridgehead atoms. The van der Waals surface area contributed by atoms with Crippen molar-refractivity contribution in [1.29, 1.82) is 0 Å². The van der Waals surface area contributed by atoms with Gasteiger partial charge in [0.15, 0.2) is 0 Å². The molecule has 1 N–H and O–H groups in total. The van der Waals surface area contributed by atoms with E-state index in [9.17, 15) is 4.79 Å². The van der Waals surface area contributed by atoms with E-state index in [4.69, 9.17) is 9.84 Å². The normalized spacial score (nSPS) is 24.6. The van der Waals surface area contributed by atoms with Gasteiger partial charge in [-0.05, 0) is 19.3 Å². The van der Waals surface area contributed by atoms with Gasteiger partial charge in [0.05, 0.1) is 18.8 Å². The molecule has 0 spiro atoms. The average Bonchev–Trinajstić information content (AvgIpc) is 2.72. The molecule has 0 aromatic rings. The van der Waals surface area contributed by atoms with Crippen LogP contribution in [0.2, 0.25) is 0 Å². The van der Waals surface area contributed by atoms with Crippen LogP contribution in [0.25, 0.3) is 0 Å². The highest BCUT2D eigenvalue weighted by Gasteiger charge is 2.21. The number of aliphatic hydroxyl groups excluding tert-OH is 1. The summed E-state index contributed by atoms with van der Waals surface area (Å²) in [5.74, 6) is 0. The third-order valence-corrected chi connectivity index (χ3v) is 1.78. The van der Waals surface area contributed by atoms with Crippen LogP contribution in [0.4, 0.5) is 0 Å². The molecule has 1 rings (SSSR count). The van der Waals surface area contributed by atoms with E-state index in [1.165, 1.54) is 0 Å². The van der Waals surface area contributed by atoms with Crippen molar-refractivity contribution < 1.29 is 14.6 Å². The molecule has 0 amide bonds. The van der Waals surface area contributed by atoms with Crippen LogP contribution in [0.1, 0.15) is 25.7 Å². The molecule has 0 aliphatic carbocycles. The van der Waals surface area contributed by atoms with Crippen molar-refractivity contribution in [2.24, 2.45) is 0 Å². The molecule has 1 saturated heterocycles. The Morgan fingerprint density at radius 2 is 2.45 bits per heavy atom. The number of ether oxygens (including phenoxy) is 1. The van der Waals surface area contributed by atoms with Gasteiger partial charge in [0.2, 0.25) is 6.29 Å². The number of epoxide rings is 1. The summed E-state index contributed by atoms with van der Waals surface area (Å²) in [5, 5.41) is 9.08. The fourth-order valence-corrected chi connectivity index (χ4v) is 1.01. The Morgan fingerprint density at radius 3 is 3.00 bits per heavy atom. The topological polar surface area (TPSA) is 49.8 Å². The maximum absolute atomic E-state index is 9.81. The molecule has 0 saturated carbocycles. The zero-order chi connectivity index (χ0) is 8.10. The highest BCUT2D eigenvalue weighted by atomic mass is 16.6. The van der Waals surface area contributed by atoms with Crippen molar-refractivity contribution in [1.82, 2.24) is 0 Å². The number of rotatable bonds is 6. The van der Waals surface area contributed by atoms with Crippen LogP contribution in [0, 0.1) is 0 Å². The van der Waals surface area contributed by atoms with Gasteiger partial charge in [-0.15, -0.1) is 0 Å². The first-order chi connectivity index (χ1) is 5.33. The fourth-order valence-electron chi connectivity index (χ4n) is 1.01. The molecule has 1 radical (unpaired) electrons. The maximum atomic E-state index is 9.81. The lowest BCUT2D eigenvalue weighted by molar-refractivity contribution is 0.166. The second kappa shape index (κ2) is 4.46. The molecule has 3 heteroatoms. The molecular formula is C8H13O3. The first-order valence-electron chi connectivity index (χ1n) is 3.97. The first-order valence-corrected chi connectivity index (χ1v) is 3.97. The van der Waals surface area contributed by atoms with Gasteiger partial charge >= 0.3 is 0 Å². The minimum absolute atomic E-state index is 0.144. The second-order valence-electron chi connectivity index (χ2n) is 2.89. The van der Waals surface area contributed by atoms with Crippen molar-refractivity contribution in [2.75, 3.05) is 6.61 Å². The minimum atomic E-state index is -0.494. The van der Waals surface area contributed by atoms with Gasteiger partial charge in [-0.3, -0.25) is 4.79 Å². The van der Waals surface area contributed by atoms with E-state index in [0.29, 0.717) is 12.5 Å². The zero-order valence-electron chi connectivity index (χ0n) is 6.45. The largest absolute Gasteiger partial charge is 0.393 e. The van der Waals surface area contributed by atoms with Crippen molar-refractivity contribution in [3.05, 3.63) is 0 Å². The number of hydrogen-bond donors (Lipinski definition) is 1. The molecule has 2 atom stereocenters. The van der Waals surface area contributed by atoms with Gasteiger partial charge in [-0.25, -0.2) is 0 Å². The Bertz CT molecular complexity index is 121. The van der Waals surface area contributed by atoms with Crippen LogP contribution in [0.5, 0.6) is 0 Å². The maximum Gasteiger partial charge on any atom is 0.201 e. The quantitative estimate of drug-likeness (QED) is 0.568. The predicted octanol–water partition coefficient (Wildman–Crippen LogP) is 0.416. The molecular weight excluding hydrogens is 144 g/mol. The fraction of sp³-hybridized carbons (Fsp3) is 0.875. The van der Waals surface area contributed by atoms with Crippen molar-refractivity contribution in [2.45, 2.75) is 37.9 Å². The van der Waals surface area contributed by atoms with Gasteiger partial charge < -0.3 is 9.84 Å². The predicted molar refractivity (Wildman–Crippen MR) is 39.9 cm³/mol. The third-order valence-electron chi connectivity index (χ3n) is 1.78. The molecule has 0 aromatic heterocycles. The smallest absolute Gasteiger partial charge is 0.201 e. The molecule has 11 heavy (non-hydrogen) atoms. The van der Waals surface area contributed by atoms with E-state index < -0.39 is 6.10 Å². The van der Waals surface area contributed by atoms with E-state index in [-0.39, 0.29) is 6.42 Å². The SMILES string of the molecule is O=[C]C[C@@H](O)CCC[C@@H]1CO1. The molecule has 1 fully saturated rings. The number of aliphatic hydroxyl groups is 1. The van der Waals surface area contributed by atoms with Gasteiger partial charge in [-0.1, -0.05) is 0 Å². The standard InChI is InChI=1S/C8H13O3/c9-5-4-7(10)2-1-3-8-6-11-8/h7-8,10H,1-4,6H2/t7-,8+/m0/s1. The lowest BCUT2D eigenvalue weighted by atomic mass is 10.1. The Labute approximate surface area is 66.4 Å². The third kappa shape index (κ3) is 4.11. The molecule has 1 heterocycles. The summed E-state index contributed by atoms with van der Waals surface area (Å²) < 4.78 is 4.99. The summed E-state index contributed by atoms with van der Waals surface area (Å²) in [7, 11) is 0. The van der Waals surface area contributed by atoms with Crippen LogP contribution < -0.4 is 0 Å². The van der Waals surface area contributed by atoms with E-state index in [0.717, 1.165) is 19.4 Å². The van der Waals surface area contributed by atoms with Crippen LogP contribution in [-0.4, -0.2) is 30.2 Å². The number of carbonyl (C=O) groups excluding carboxylic acids is 1. The lowest BCUT2D eigenvalue weighted by Gasteiger charge is -2.03. The molecule has 1 aliphatic rings. The summed E-state index contributed by atoms with van der Waals surface area (Å²) in [6.07, 6.45) is 4.41. The monoisotopic (exact) mass is 157 g/mol. The average molecular weight is 157 g/mol. The van der Waals surface area contributed by atoms with E-state index in [1.807, 2.05) is 0 Å². The van der Waals surface area contributed by atoms with Crippen molar-refractivity contribution >= 4 is 6.29 Å². The first kappa shape index (κ1) is 8.68. The van der Waals surface area contributed by atoms with E-state index in [1.54, 1.807) is 6.29 Å². The summed E-state index contributed by atoms with van der Waals surface area (Å²) in [6.45, 7) is 0.871. The summed E-state index contributed by atoms with van der Waals surface area (Å²) in [6, 6.07) is 0. The summed E-state index contributed by atoms with van der Waals surface area (Å²) in [5.41, 5.74) is 0. The van der Waals surface area contributed by atoms with Crippen LogP contribution in [0.15, 0.2) is 0 Å². The summed E-state index contributed by atoms with van der Waals surface area (Å²) >= 11 is 0. The molecule has 63 valence electrons. The molecule has 1 aliphatic heterocycles. The summed E-state index contributed by atoms with van der Waals surface area (Å²) in [4.78, 5) is 9.81. The van der Waals surface area contributed by atoms with E-state index >= 15 is 0 Å². The molecule has 3 nitrogen and oxygen atoms in total. The highest BCUT2D eigenvalue weighted by Crippen LogP contribution is 2.17. The van der Waals surface area contributed by atoms with Gasteiger partial charge in [0.1, 0.15) is 0 Å². The second-order valence-corrected chi connectivity index (χ2v) is 2.89. The van der Waals surface area contributed by atoms with Crippen LogP contribution in [0.3, 0.4) is 0 Å². The van der Waals surface area contributed by atoms with Crippen molar-refractivity contribution in [3.63, 3.8) is 0 Å². The Morgan fingerprint density at radius 1 is 1.73 bits per heavy atom. The Kier molecular flexibility index (Phi) is 3.52.